The largest absolute Gasteiger partial charge is 0.416 e. The number of amides is 1. The zero-order valence-corrected chi connectivity index (χ0v) is 15.4. The predicted molar refractivity (Wildman–Crippen MR) is 97.8 cm³/mol. The summed E-state index contributed by atoms with van der Waals surface area (Å²) in [5, 5.41) is 10.7. The summed E-state index contributed by atoms with van der Waals surface area (Å²) in [5.41, 5.74) is -0.657. The quantitative estimate of drug-likeness (QED) is 0.835. The molecule has 1 aliphatic carbocycles. The first kappa shape index (κ1) is 19.0. The van der Waals surface area contributed by atoms with Crippen LogP contribution in [-0.4, -0.2) is 28.8 Å². The maximum atomic E-state index is 13.1. The van der Waals surface area contributed by atoms with E-state index in [9.17, 15) is 18.0 Å². The Morgan fingerprint density at radius 1 is 1.25 bits per heavy atom. The normalized spacial score (nSPS) is 21.8. The molecule has 28 heavy (non-hydrogen) atoms. The molecule has 1 atom stereocenters. The molecule has 1 saturated carbocycles. The van der Waals surface area contributed by atoms with Crippen molar-refractivity contribution in [1.29, 1.82) is 0 Å². The second kappa shape index (κ2) is 7.24. The van der Waals surface area contributed by atoms with Crippen molar-refractivity contribution < 1.29 is 18.0 Å². The number of rotatable bonds is 4. The minimum atomic E-state index is -4.40. The van der Waals surface area contributed by atoms with E-state index in [1.807, 2.05) is 0 Å². The van der Waals surface area contributed by atoms with Crippen LogP contribution in [0.4, 0.5) is 13.2 Å². The standard InChI is InChI=1S/C20H23F3N4O/c21-20(22,23)15-5-1-4-14(12-15)19(8-3-9-19)25-18(28)17-7-11-27(26-17)16-6-2-10-24-13-16/h1,4-5,7,11-12,16,24H,2-3,6,8-10,13H2,(H,25,28). The zero-order chi connectivity index (χ0) is 19.8. The van der Waals surface area contributed by atoms with Crippen molar-refractivity contribution in [3.63, 3.8) is 0 Å². The Morgan fingerprint density at radius 3 is 2.71 bits per heavy atom. The van der Waals surface area contributed by atoms with Crippen molar-refractivity contribution in [3.05, 3.63) is 53.3 Å². The van der Waals surface area contributed by atoms with E-state index in [0.717, 1.165) is 44.5 Å². The summed E-state index contributed by atoms with van der Waals surface area (Å²) >= 11 is 0. The van der Waals surface area contributed by atoms with Crippen molar-refractivity contribution >= 4 is 5.91 Å². The molecule has 0 radical (unpaired) electrons. The fourth-order valence-corrected chi connectivity index (χ4v) is 4.01. The molecule has 4 rings (SSSR count). The van der Waals surface area contributed by atoms with Gasteiger partial charge < -0.3 is 10.6 Å². The Morgan fingerprint density at radius 2 is 2.07 bits per heavy atom. The van der Waals surface area contributed by atoms with E-state index >= 15 is 0 Å². The van der Waals surface area contributed by atoms with E-state index in [4.69, 9.17) is 0 Å². The summed E-state index contributed by atoms with van der Waals surface area (Å²) in [6.45, 7) is 1.81. The lowest BCUT2D eigenvalue weighted by molar-refractivity contribution is -0.137. The average Bonchev–Trinajstić information content (AvgIpc) is 3.15. The molecule has 2 heterocycles. The summed E-state index contributed by atoms with van der Waals surface area (Å²) in [5.74, 6) is -0.348. The van der Waals surface area contributed by atoms with Gasteiger partial charge in [-0.3, -0.25) is 9.48 Å². The lowest BCUT2D eigenvalue weighted by atomic mass is 9.71. The van der Waals surface area contributed by atoms with Crippen molar-refractivity contribution in [3.8, 4) is 0 Å². The van der Waals surface area contributed by atoms with E-state index in [0.29, 0.717) is 24.1 Å². The van der Waals surface area contributed by atoms with Gasteiger partial charge in [-0.15, -0.1) is 0 Å². The second-order valence-electron chi connectivity index (χ2n) is 7.65. The van der Waals surface area contributed by atoms with E-state index in [1.165, 1.54) is 6.07 Å². The molecule has 2 aliphatic rings. The Bertz CT molecular complexity index is 851. The minimum Gasteiger partial charge on any atom is -0.341 e. The van der Waals surface area contributed by atoms with Gasteiger partial charge in [-0.25, -0.2) is 0 Å². The number of hydrogen-bond acceptors (Lipinski definition) is 3. The molecule has 0 spiro atoms. The van der Waals surface area contributed by atoms with Crippen LogP contribution in [0, 0.1) is 0 Å². The average molecular weight is 392 g/mol. The van der Waals surface area contributed by atoms with Crippen molar-refractivity contribution in [2.75, 3.05) is 13.1 Å². The highest BCUT2D eigenvalue weighted by Crippen LogP contribution is 2.43. The molecule has 1 aromatic heterocycles. The van der Waals surface area contributed by atoms with Gasteiger partial charge in [0, 0.05) is 12.7 Å². The van der Waals surface area contributed by atoms with Gasteiger partial charge in [0.15, 0.2) is 0 Å². The van der Waals surface area contributed by atoms with Crippen LogP contribution in [0.2, 0.25) is 0 Å². The number of nitrogens with zero attached hydrogens (tertiary/aromatic N) is 2. The molecular weight excluding hydrogens is 369 g/mol. The van der Waals surface area contributed by atoms with E-state index in [2.05, 4.69) is 15.7 Å². The first-order valence-corrected chi connectivity index (χ1v) is 9.64. The minimum absolute atomic E-state index is 0.219. The zero-order valence-electron chi connectivity index (χ0n) is 15.4. The third kappa shape index (κ3) is 3.65. The first-order valence-electron chi connectivity index (χ1n) is 9.64. The molecule has 1 unspecified atom stereocenters. The monoisotopic (exact) mass is 392 g/mol. The van der Waals surface area contributed by atoms with Crippen LogP contribution in [0.3, 0.4) is 0 Å². The van der Waals surface area contributed by atoms with Crippen LogP contribution in [0.5, 0.6) is 0 Å². The van der Waals surface area contributed by atoms with Crippen molar-refractivity contribution in [1.82, 2.24) is 20.4 Å². The number of nitrogens with one attached hydrogen (secondary N) is 2. The Labute approximate surface area is 161 Å². The summed E-state index contributed by atoms with van der Waals surface area (Å²) in [7, 11) is 0. The number of piperidine rings is 1. The lowest BCUT2D eigenvalue weighted by Gasteiger charge is -2.43. The smallest absolute Gasteiger partial charge is 0.341 e. The van der Waals surface area contributed by atoms with Crippen LogP contribution < -0.4 is 10.6 Å². The van der Waals surface area contributed by atoms with Gasteiger partial charge in [-0.1, -0.05) is 12.1 Å². The lowest BCUT2D eigenvalue weighted by Crippen LogP contribution is -2.51. The Hall–Kier alpha value is -2.35. The number of aromatic nitrogens is 2. The van der Waals surface area contributed by atoms with Crippen LogP contribution in [0.1, 0.15) is 59.8 Å². The van der Waals surface area contributed by atoms with Gasteiger partial charge in [0.25, 0.3) is 5.91 Å². The molecule has 8 heteroatoms. The summed E-state index contributed by atoms with van der Waals surface area (Å²) in [6, 6.07) is 7.14. The van der Waals surface area contributed by atoms with Gasteiger partial charge >= 0.3 is 6.18 Å². The van der Waals surface area contributed by atoms with Gasteiger partial charge in [0.1, 0.15) is 5.69 Å². The van der Waals surface area contributed by atoms with E-state index < -0.39 is 17.3 Å². The Balaban J connectivity index is 1.52. The molecule has 1 aliphatic heterocycles. The maximum Gasteiger partial charge on any atom is 0.416 e. The summed E-state index contributed by atoms with van der Waals surface area (Å²) in [4.78, 5) is 12.8. The highest BCUT2D eigenvalue weighted by molar-refractivity contribution is 5.92. The number of halogens is 3. The molecule has 1 aromatic carbocycles. The molecule has 5 nitrogen and oxygen atoms in total. The number of hydrogen-bond donors (Lipinski definition) is 2. The fourth-order valence-electron chi connectivity index (χ4n) is 4.01. The van der Waals surface area contributed by atoms with Gasteiger partial charge in [0.2, 0.25) is 0 Å². The van der Waals surface area contributed by atoms with Crippen LogP contribution in [0.25, 0.3) is 0 Å². The van der Waals surface area contributed by atoms with Crippen LogP contribution in [-0.2, 0) is 11.7 Å². The van der Waals surface area contributed by atoms with Gasteiger partial charge in [-0.2, -0.15) is 18.3 Å². The molecule has 1 amide bonds. The predicted octanol–water partition coefficient (Wildman–Crippen LogP) is 3.64. The number of carbonyl (C=O) groups excluding carboxylic acids is 1. The van der Waals surface area contributed by atoms with Crippen molar-refractivity contribution in [2.24, 2.45) is 0 Å². The SMILES string of the molecule is O=C(NC1(c2cccc(C(F)(F)F)c2)CCC1)c1ccn(C2CCCNC2)n1. The van der Waals surface area contributed by atoms with E-state index in [-0.39, 0.29) is 11.9 Å². The second-order valence-corrected chi connectivity index (χ2v) is 7.65. The maximum absolute atomic E-state index is 13.1. The third-order valence-corrected chi connectivity index (χ3v) is 5.79. The first-order chi connectivity index (χ1) is 13.4. The van der Waals surface area contributed by atoms with Crippen molar-refractivity contribution in [2.45, 2.75) is 49.9 Å². The molecule has 2 fully saturated rings. The number of carbonyl (C=O) groups is 1. The van der Waals surface area contributed by atoms with Gasteiger partial charge in [0.05, 0.1) is 17.1 Å². The molecule has 1 saturated heterocycles. The van der Waals surface area contributed by atoms with E-state index in [1.54, 1.807) is 23.0 Å². The summed E-state index contributed by atoms with van der Waals surface area (Å²) < 4.78 is 41.0. The molecule has 0 bridgehead atoms. The highest BCUT2D eigenvalue weighted by Gasteiger charge is 2.42. The van der Waals surface area contributed by atoms with Crippen LogP contribution >= 0.6 is 0 Å². The van der Waals surface area contributed by atoms with Gasteiger partial charge in [-0.05, 0) is 62.4 Å². The molecule has 150 valence electrons. The third-order valence-electron chi connectivity index (χ3n) is 5.79. The number of alkyl halides is 3. The molecule has 2 N–H and O–H groups in total. The fraction of sp³-hybridized carbons (Fsp3) is 0.500. The van der Waals surface area contributed by atoms with Crippen LogP contribution in [0.15, 0.2) is 36.5 Å². The Kier molecular flexibility index (Phi) is 4.91. The molecular formula is C20H23F3N4O. The number of benzene rings is 1. The summed E-state index contributed by atoms with van der Waals surface area (Å²) in [6.07, 6.45) is 1.55. The highest BCUT2D eigenvalue weighted by atomic mass is 19.4. The molecule has 2 aromatic rings. The topological polar surface area (TPSA) is 59.0 Å².